The van der Waals surface area contributed by atoms with Crippen LogP contribution in [-0.4, -0.2) is 28.6 Å². The highest BCUT2D eigenvalue weighted by Gasteiger charge is 2.14. The quantitative estimate of drug-likeness (QED) is 0.860. The second kappa shape index (κ2) is 6.87. The molecule has 0 aromatic carbocycles. The van der Waals surface area contributed by atoms with E-state index in [1.807, 2.05) is 19.2 Å². The standard InChI is InChI=1S/C15H20N2O3S/c1-9(4-10(2)18)6-16-15(19)12-5-14(20-7-12)13-8-21-11(3)17-13/h5,7-10,18H,4,6H2,1-3H3,(H,16,19). The molecule has 0 radical (unpaired) electrons. The van der Waals surface area contributed by atoms with Crippen molar-refractivity contribution in [3.8, 4) is 11.5 Å². The molecule has 0 spiro atoms. The predicted molar refractivity (Wildman–Crippen MR) is 82.3 cm³/mol. The fraction of sp³-hybridized carbons (Fsp3) is 0.467. The lowest BCUT2D eigenvalue weighted by molar-refractivity contribution is 0.0938. The fourth-order valence-electron chi connectivity index (χ4n) is 2.10. The van der Waals surface area contributed by atoms with E-state index in [9.17, 15) is 9.90 Å². The Balaban J connectivity index is 1.93. The maximum absolute atomic E-state index is 12.0. The SMILES string of the molecule is Cc1nc(-c2cc(C(=O)NCC(C)CC(C)O)co2)cs1. The number of aromatic nitrogens is 1. The van der Waals surface area contributed by atoms with Crippen molar-refractivity contribution in [1.29, 1.82) is 0 Å². The molecule has 2 atom stereocenters. The van der Waals surface area contributed by atoms with Crippen LogP contribution in [0.2, 0.25) is 0 Å². The third-order valence-electron chi connectivity index (χ3n) is 3.09. The number of hydrogen-bond donors (Lipinski definition) is 2. The summed E-state index contributed by atoms with van der Waals surface area (Å²) in [6, 6.07) is 1.70. The zero-order valence-electron chi connectivity index (χ0n) is 12.4. The first-order valence-corrected chi connectivity index (χ1v) is 7.81. The van der Waals surface area contributed by atoms with Crippen LogP contribution in [0.5, 0.6) is 0 Å². The van der Waals surface area contributed by atoms with Gasteiger partial charge in [0.05, 0.1) is 16.7 Å². The molecule has 6 heteroatoms. The topological polar surface area (TPSA) is 75.4 Å². The highest BCUT2D eigenvalue weighted by atomic mass is 32.1. The van der Waals surface area contributed by atoms with Crippen LogP contribution in [0.25, 0.3) is 11.5 Å². The smallest absolute Gasteiger partial charge is 0.254 e. The first-order valence-electron chi connectivity index (χ1n) is 6.93. The molecule has 5 nitrogen and oxygen atoms in total. The van der Waals surface area contributed by atoms with Gasteiger partial charge >= 0.3 is 0 Å². The molecule has 0 aliphatic rings. The molecule has 2 heterocycles. The van der Waals surface area contributed by atoms with Gasteiger partial charge in [0.1, 0.15) is 12.0 Å². The van der Waals surface area contributed by atoms with Gasteiger partial charge in [-0.15, -0.1) is 11.3 Å². The van der Waals surface area contributed by atoms with Crippen LogP contribution < -0.4 is 5.32 Å². The molecule has 2 aromatic heterocycles. The maximum Gasteiger partial charge on any atom is 0.254 e. The highest BCUT2D eigenvalue weighted by molar-refractivity contribution is 7.09. The number of amides is 1. The number of aliphatic hydroxyl groups excluding tert-OH is 1. The molecule has 2 rings (SSSR count). The van der Waals surface area contributed by atoms with Gasteiger partial charge in [-0.1, -0.05) is 6.92 Å². The normalized spacial score (nSPS) is 13.9. The lowest BCUT2D eigenvalue weighted by Crippen LogP contribution is -2.29. The van der Waals surface area contributed by atoms with Gasteiger partial charge in [0.15, 0.2) is 5.76 Å². The van der Waals surface area contributed by atoms with Crippen molar-refractivity contribution in [3.05, 3.63) is 28.3 Å². The van der Waals surface area contributed by atoms with Crippen molar-refractivity contribution >= 4 is 17.2 Å². The summed E-state index contributed by atoms with van der Waals surface area (Å²) in [6.45, 7) is 6.19. The molecule has 0 saturated heterocycles. The Morgan fingerprint density at radius 3 is 2.90 bits per heavy atom. The molecule has 0 saturated carbocycles. The van der Waals surface area contributed by atoms with Crippen LogP contribution in [0.15, 0.2) is 22.1 Å². The molecule has 2 N–H and O–H groups in total. The molecule has 0 fully saturated rings. The van der Waals surface area contributed by atoms with Crippen molar-refractivity contribution in [3.63, 3.8) is 0 Å². The summed E-state index contributed by atoms with van der Waals surface area (Å²) < 4.78 is 5.40. The average Bonchev–Trinajstić information content (AvgIpc) is 3.03. The monoisotopic (exact) mass is 308 g/mol. The Hall–Kier alpha value is -1.66. The number of aliphatic hydroxyl groups is 1. The van der Waals surface area contributed by atoms with Gasteiger partial charge in [-0.05, 0) is 32.3 Å². The zero-order valence-corrected chi connectivity index (χ0v) is 13.2. The van der Waals surface area contributed by atoms with Gasteiger partial charge in [0.25, 0.3) is 5.91 Å². The molecule has 2 unspecified atom stereocenters. The minimum Gasteiger partial charge on any atom is -0.462 e. The van der Waals surface area contributed by atoms with E-state index < -0.39 is 0 Å². The molecule has 0 aliphatic heterocycles. The van der Waals surface area contributed by atoms with Gasteiger partial charge < -0.3 is 14.8 Å². The molecule has 114 valence electrons. The minimum absolute atomic E-state index is 0.172. The number of aryl methyl sites for hydroxylation is 1. The summed E-state index contributed by atoms with van der Waals surface area (Å²) in [5.41, 5.74) is 1.24. The van der Waals surface area contributed by atoms with Gasteiger partial charge in [0.2, 0.25) is 0 Å². The van der Waals surface area contributed by atoms with E-state index in [2.05, 4.69) is 10.3 Å². The molecule has 0 bridgehead atoms. The van der Waals surface area contributed by atoms with Crippen LogP contribution in [0.4, 0.5) is 0 Å². The van der Waals surface area contributed by atoms with Gasteiger partial charge in [-0.2, -0.15) is 0 Å². The number of nitrogens with one attached hydrogen (secondary N) is 1. The van der Waals surface area contributed by atoms with E-state index in [-0.39, 0.29) is 17.9 Å². The Morgan fingerprint density at radius 1 is 1.52 bits per heavy atom. The number of carbonyl (C=O) groups is 1. The van der Waals surface area contributed by atoms with Crippen LogP contribution in [0.1, 0.15) is 35.6 Å². The van der Waals surface area contributed by atoms with Crippen molar-refractivity contribution in [2.24, 2.45) is 5.92 Å². The number of hydrogen-bond acceptors (Lipinski definition) is 5. The van der Waals surface area contributed by atoms with E-state index >= 15 is 0 Å². The summed E-state index contributed by atoms with van der Waals surface area (Å²) in [4.78, 5) is 16.4. The Labute approximate surface area is 128 Å². The summed E-state index contributed by atoms with van der Waals surface area (Å²) in [7, 11) is 0. The van der Waals surface area contributed by atoms with E-state index in [0.29, 0.717) is 24.3 Å². The molecular formula is C15H20N2O3S. The number of thiazole rings is 1. The first-order chi connectivity index (χ1) is 9.95. The zero-order chi connectivity index (χ0) is 15.4. The predicted octanol–water partition coefficient (Wildman–Crippen LogP) is 2.85. The molecule has 1 amide bonds. The van der Waals surface area contributed by atoms with Crippen molar-refractivity contribution < 1.29 is 14.3 Å². The van der Waals surface area contributed by atoms with Crippen LogP contribution in [-0.2, 0) is 0 Å². The van der Waals surface area contributed by atoms with Gasteiger partial charge in [-0.3, -0.25) is 4.79 Å². The van der Waals surface area contributed by atoms with Crippen LogP contribution in [0.3, 0.4) is 0 Å². The lowest BCUT2D eigenvalue weighted by atomic mass is 10.0. The van der Waals surface area contributed by atoms with Crippen molar-refractivity contribution in [2.75, 3.05) is 6.54 Å². The molecule has 2 aromatic rings. The summed E-state index contributed by atoms with van der Waals surface area (Å²) >= 11 is 1.54. The summed E-state index contributed by atoms with van der Waals surface area (Å²) in [5.74, 6) is 0.650. The van der Waals surface area contributed by atoms with Crippen molar-refractivity contribution in [1.82, 2.24) is 10.3 Å². The number of nitrogens with zero attached hydrogens (tertiary/aromatic N) is 1. The number of furan rings is 1. The molecule has 21 heavy (non-hydrogen) atoms. The number of rotatable bonds is 6. The third-order valence-corrected chi connectivity index (χ3v) is 3.86. The van der Waals surface area contributed by atoms with Crippen molar-refractivity contribution in [2.45, 2.75) is 33.3 Å². The largest absolute Gasteiger partial charge is 0.462 e. The van der Waals surface area contributed by atoms with Gasteiger partial charge in [-0.25, -0.2) is 4.98 Å². The Morgan fingerprint density at radius 2 is 2.29 bits per heavy atom. The Bertz CT molecular complexity index is 604. The fourth-order valence-corrected chi connectivity index (χ4v) is 2.70. The van der Waals surface area contributed by atoms with E-state index in [4.69, 9.17) is 4.42 Å². The lowest BCUT2D eigenvalue weighted by Gasteiger charge is -2.13. The van der Waals surface area contributed by atoms with Crippen LogP contribution in [0, 0.1) is 12.8 Å². The minimum atomic E-state index is -0.356. The molecular weight excluding hydrogens is 288 g/mol. The van der Waals surface area contributed by atoms with E-state index in [0.717, 1.165) is 10.7 Å². The van der Waals surface area contributed by atoms with Gasteiger partial charge in [0, 0.05) is 11.9 Å². The highest BCUT2D eigenvalue weighted by Crippen LogP contribution is 2.23. The summed E-state index contributed by atoms with van der Waals surface area (Å²) in [5, 5.41) is 15.0. The number of carbonyl (C=O) groups excluding carboxylic acids is 1. The third kappa shape index (κ3) is 4.41. The first kappa shape index (κ1) is 15.7. The second-order valence-electron chi connectivity index (χ2n) is 5.35. The van der Waals surface area contributed by atoms with E-state index in [1.54, 1.807) is 24.3 Å². The van der Waals surface area contributed by atoms with Crippen LogP contribution >= 0.6 is 11.3 Å². The molecule has 0 aliphatic carbocycles. The Kier molecular flexibility index (Phi) is 5.14. The second-order valence-corrected chi connectivity index (χ2v) is 6.41. The average molecular weight is 308 g/mol. The maximum atomic E-state index is 12.0. The summed E-state index contributed by atoms with van der Waals surface area (Å²) in [6.07, 6.45) is 1.75. The van der Waals surface area contributed by atoms with E-state index in [1.165, 1.54) is 6.26 Å².